The summed E-state index contributed by atoms with van der Waals surface area (Å²) < 4.78 is 9.74. The third-order valence-electron chi connectivity index (χ3n) is 2.47. The van der Waals surface area contributed by atoms with Gasteiger partial charge in [0.05, 0.1) is 7.11 Å². The summed E-state index contributed by atoms with van der Waals surface area (Å²) in [5, 5.41) is 2.67. The van der Waals surface area contributed by atoms with E-state index in [-0.39, 0.29) is 5.69 Å². The maximum Gasteiger partial charge on any atom is 0.407 e. The second-order valence-electron chi connectivity index (χ2n) is 5.59. The fourth-order valence-corrected chi connectivity index (χ4v) is 1.56. The number of rotatable bonds is 5. The van der Waals surface area contributed by atoms with Crippen LogP contribution in [0, 0.1) is 0 Å². The molecule has 1 amide bonds. The number of aromatic nitrogens is 1. The van der Waals surface area contributed by atoms with Crippen LogP contribution in [0.2, 0.25) is 0 Å². The van der Waals surface area contributed by atoms with E-state index in [1.165, 1.54) is 7.11 Å². The van der Waals surface area contributed by atoms with Crippen molar-refractivity contribution in [3.05, 3.63) is 35.7 Å². The molecule has 0 atom stereocenters. The first kappa shape index (κ1) is 17.7. The Hall–Kier alpha value is -2.37. The van der Waals surface area contributed by atoms with E-state index < -0.39 is 17.7 Å². The Bertz CT molecular complexity index is 547. The van der Waals surface area contributed by atoms with Crippen LogP contribution in [0.1, 0.15) is 43.2 Å². The highest BCUT2D eigenvalue weighted by molar-refractivity contribution is 5.87. The van der Waals surface area contributed by atoms with Gasteiger partial charge in [0.15, 0.2) is 0 Å². The molecule has 0 unspecified atom stereocenters. The quantitative estimate of drug-likeness (QED) is 0.668. The van der Waals surface area contributed by atoms with Crippen molar-refractivity contribution < 1.29 is 19.1 Å². The molecule has 0 aliphatic carbocycles. The first-order valence-electron chi connectivity index (χ1n) is 6.99. The van der Waals surface area contributed by atoms with Crippen molar-refractivity contribution >= 4 is 18.1 Å². The summed E-state index contributed by atoms with van der Waals surface area (Å²) in [4.78, 5) is 26.7. The van der Waals surface area contributed by atoms with Crippen molar-refractivity contribution in [2.45, 2.75) is 32.8 Å². The molecule has 0 radical (unpaired) electrons. The molecule has 0 fully saturated rings. The van der Waals surface area contributed by atoms with Crippen LogP contribution in [-0.2, 0) is 9.47 Å². The third kappa shape index (κ3) is 6.88. The minimum absolute atomic E-state index is 0.261. The standard InChI is InChI=1S/C16H22N2O4/c1-16(2,3)22-15(20)18-9-6-5-7-12-8-10-17-13(11-12)14(19)21-4/h5,7-8,10-11H,6,9H2,1-4H3,(H,18,20). The second-order valence-corrected chi connectivity index (χ2v) is 5.59. The summed E-state index contributed by atoms with van der Waals surface area (Å²) in [5.74, 6) is -0.471. The molecule has 1 aromatic heterocycles. The summed E-state index contributed by atoms with van der Waals surface area (Å²) >= 11 is 0. The molecule has 1 heterocycles. The zero-order valence-electron chi connectivity index (χ0n) is 13.4. The Morgan fingerprint density at radius 2 is 2.09 bits per heavy atom. The van der Waals surface area contributed by atoms with Crippen LogP contribution in [0.4, 0.5) is 4.79 Å². The predicted octanol–water partition coefficient (Wildman–Crippen LogP) is 2.80. The summed E-state index contributed by atoms with van der Waals surface area (Å²) in [7, 11) is 1.31. The molecular formula is C16H22N2O4. The smallest absolute Gasteiger partial charge is 0.407 e. The first-order chi connectivity index (χ1) is 10.3. The van der Waals surface area contributed by atoms with Gasteiger partial charge in [0, 0.05) is 12.7 Å². The van der Waals surface area contributed by atoms with E-state index in [0.29, 0.717) is 13.0 Å². The number of esters is 1. The highest BCUT2D eigenvalue weighted by atomic mass is 16.6. The molecule has 120 valence electrons. The molecule has 0 aliphatic rings. The molecular weight excluding hydrogens is 284 g/mol. The number of amides is 1. The summed E-state index contributed by atoms with van der Waals surface area (Å²) in [5.41, 5.74) is 0.602. The van der Waals surface area contributed by atoms with Crippen LogP contribution in [-0.4, -0.2) is 36.3 Å². The third-order valence-corrected chi connectivity index (χ3v) is 2.47. The van der Waals surface area contributed by atoms with Crippen molar-refractivity contribution in [3.63, 3.8) is 0 Å². The van der Waals surface area contributed by atoms with Crippen LogP contribution in [0.15, 0.2) is 24.4 Å². The van der Waals surface area contributed by atoms with Gasteiger partial charge in [0.2, 0.25) is 0 Å². The van der Waals surface area contributed by atoms with Gasteiger partial charge in [-0.05, 0) is 44.9 Å². The van der Waals surface area contributed by atoms with E-state index in [4.69, 9.17) is 4.74 Å². The molecule has 0 saturated heterocycles. The highest BCUT2D eigenvalue weighted by Gasteiger charge is 2.15. The fraction of sp³-hybridized carbons (Fsp3) is 0.438. The van der Waals surface area contributed by atoms with E-state index in [1.54, 1.807) is 18.3 Å². The monoisotopic (exact) mass is 306 g/mol. The molecule has 1 N–H and O–H groups in total. The van der Waals surface area contributed by atoms with Crippen molar-refractivity contribution in [1.82, 2.24) is 10.3 Å². The van der Waals surface area contributed by atoms with E-state index >= 15 is 0 Å². The molecule has 0 saturated carbocycles. The topological polar surface area (TPSA) is 77.5 Å². The lowest BCUT2D eigenvalue weighted by Crippen LogP contribution is -2.32. The van der Waals surface area contributed by atoms with Gasteiger partial charge in [-0.15, -0.1) is 0 Å². The number of nitrogens with one attached hydrogen (secondary N) is 1. The number of alkyl carbamates (subject to hydrolysis) is 1. The molecule has 0 aliphatic heterocycles. The van der Waals surface area contributed by atoms with Crippen molar-refractivity contribution in [3.8, 4) is 0 Å². The van der Waals surface area contributed by atoms with E-state index in [9.17, 15) is 9.59 Å². The maximum atomic E-state index is 11.4. The van der Waals surface area contributed by atoms with Gasteiger partial charge in [0.1, 0.15) is 11.3 Å². The number of pyridine rings is 1. The molecule has 6 nitrogen and oxygen atoms in total. The van der Waals surface area contributed by atoms with Gasteiger partial charge in [-0.3, -0.25) is 0 Å². The number of carbonyl (C=O) groups is 2. The summed E-state index contributed by atoms with van der Waals surface area (Å²) in [6, 6.07) is 3.42. The molecule has 1 aromatic rings. The van der Waals surface area contributed by atoms with Crippen LogP contribution in [0.25, 0.3) is 6.08 Å². The molecule has 6 heteroatoms. The Labute approximate surface area is 130 Å². The summed E-state index contributed by atoms with van der Waals surface area (Å²) in [6.07, 6.45) is 5.51. The lowest BCUT2D eigenvalue weighted by atomic mass is 10.2. The average molecular weight is 306 g/mol. The lowest BCUT2D eigenvalue weighted by Gasteiger charge is -2.19. The van der Waals surface area contributed by atoms with Gasteiger partial charge < -0.3 is 14.8 Å². The van der Waals surface area contributed by atoms with Crippen molar-refractivity contribution in [2.75, 3.05) is 13.7 Å². The number of hydrogen-bond donors (Lipinski definition) is 1. The van der Waals surface area contributed by atoms with E-state index in [2.05, 4.69) is 15.0 Å². The van der Waals surface area contributed by atoms with E-state index in [0.717, 1.165) is 5.56 Å². The minimum Gasteiger partial charge on any atom is -0.464 e. The molecule has 1 rings (SSSR count). The number of nitrogens with zero attached hydrogens (tertiary/aromatic N) is 1. The normalized spacial score (nSPS) is 11.3. The first-order valence-corrected chi connectivity index (χ1v) is 6.99. The minimum atomic E-state index is -0.499. The Morgan fingerprint density at radius 3 is 2.73 bits per heavy atom. The fourth-order valence-electron chi connectivity index (χ4n) is 1.56. The molecule has 22 heavy (non-hydrogen) atoms. The lowest BCUT2D eigenvalue weighted by molar-refractivity contribution is 0.0527. The second kappa shape index (κ2) is 8.17. The van der Waals surface area contributed by atoms with Gasteiger partial charge >= 0.3 is 12.1 Å². The van der Waals surface area contributed by atoms with Gasteiger partial charge in [-0.25, -0.2) is 14.6 Å². The zero-order valence-corrected chi connectivity index (χ0v) is 13.4. The average Bonchev–Trinajstić information content (AvgIpc) is 2.44. The zero-order chi connectivity index (χ0) is 16.6. The van der Waals surface area contributed by atoms with Crippen LogP contribution in [0.3, 0.4) is 0 Å². The van der Waals surface area contributed by atoms with Crippen LogP contribution < -0.4 is 5.32 Å². The Balaban J connectivity index is 2.40. The number of ether oxygens (including phenoxy) is 2. The van der Waals surface area contributed by atoms with Crippen molar-refractivity contribution in [1.29, 1.82) is 0 Å². The van der Waals surface area contributed by atoms with E-state index in [1.807, 2.05) is 32.9 Å². The highest BCUT2D eigenvalue weighted by Crippen LogP contribution is 2.07. The number of carbonyl (C=O) groups excluding carboxylic acids is 2. The predicted molar refractivity (Wildman–Crippen MR) is 83.5 cm³/mol. The molecule has 0 bridgehead atoms. The van der Waals surface area contributed by atoms with Gasteiger partial charge in [0.25, 0.3) is 0 Å². The summed E-state index contributed by atoms with van der Waals surface area (Å²) in [6.45, 7) is 5.92. The van der Waals surface area contributed by atoms with Crippen LogP contribution in [0.5, 0.6) is 0 Å². The number of hydrogen-bond acceptors (Lipinski definition) is 5. The molecule has 0 spiro atoms. The SMILES string of the molecule is COC(=O)c1cc(C=CCCNC(=O)OC(C)(C)C)ccn1. The van der Waals surface area contributed by atoms with Gasteiger partial charge in [-0.1, -0.05) is 12.2 Å². The molecule has 0 aromatic carbocycles. The van der Waals surface area contributed by atoms with Crippen LogP contribution >= 0.6 is 0 Å². The Kier molecular flexibility index (Phi) is 6.56. The number of methoxy groups -OCH3 is 1. The maximum absolute atomic E-state index is 11.4. The Morgan fingerprint density at radius 1 is 1.36 bits per heavy atom. The largest absolute Gasteiger partial charge is 0.464 e. The van der Waals surface area contributed by atoms with Gasteiger partial charge in [-0.2, -0.15) is 0 Å². The van der Waals surface area contributed by atoms with Crippen molar-refractivity contribution in [2.24, 2.45) is 0 Å².